The van der Waals surface area contributed by atoms with Gasteiger partial charge in [-0.1, -0.05) is 59.7 Å². The summed E-state index contributed by atoms with van der Waals surface area (Å²) in [6, 6.07) is 21.5. The molecule has 6 atom stereocenters. The summed E-state index contributed by atoms with van der Waals surface area (Å²) in [5.41, 5.74) is 5.08. The molecule has 0 radical (unpaired) electrons. The van der Waals surface area contributed by atoms with Crippen molar-refractivity contribution < 1.29 is 29.0 Å². The smallest absolute Gasteiger partial charge is 0.260 e. The molecule has 4 amide bonds. The van der Waals surface area contributed by atoms with E-state index in [1.807, 2.05) is 67.6 Å². The second-order valence-corrected chi connectivity index (χ2v) is 12.3. The van der Waals surface area contributed by atoms with E-state index in [4.69, 9.17) is 4.74 Å². The van der Waals surface area contributed by atoms with Crippen LogP contribution in [-0.4, -0.2) is 52.8 Å². The second kappa shape index (κ2) is 10.1. The van der Waals surface area contributed by atoms with Crippen molar-refractivity contribution >= 4 is 29.3 Å². The number of phenols is 1. The third-order valence-electron chi connectivity index (χ3n) is 10.2. The third-order valence-corrected chi connectivity index (χ3v) is 10.2. The molecule has 9 heteroatoms. The number of carbonyl (C=O) groups excluding carboxylic acids is 4. The first-order chi connectivity index (χ1) is 21.2. The number of benzene rings is 3. The molecule has 1 saturated carbocycles. The molecular weight excluding hydrogens is 558 g/mol. The van der Waals surface area contributed by atoms with Crippen LogP contribution in [-0.2, 0) is 24.6 Å². The summed E-state index contributed by atoms with van der Waals surface area (Å²) in [5.74, 6) is -4.31. The first kappa shape index (κ1) is 27.9. The molecule has 3 aromatic carbocycles. The summed E-state index contributed by atoms with van der Waals surface area (Å²) < 4.78 is 5.55. The van der Waals surface area contributed by atoms with E-state index in [9.17, 15) is 19.5 Å². The number of amides is 4. The summed E-state index contributed by atoms with van der Waals surface area (Å²) in [6.07, 6.45) is 2.50. The van der Waals surface area contributed by atoms with Crippen molar-refractivity contribution in [1.82, 2.24) is 9.91 Å². The Morgan fingerprint density at radius 3 is 2.34 bits per heavy atom. The predicted octanol–water partition coefficient (Wildman–Crippen LogP) is 4.32. The van der Waals surface area contributed by atoms with E-state index < -0.39 is 46.8 Å². The van der Waals surface area contributed by atoms with Gasteiger partial charge in [0.2, 0.25) is 11.8 Å². The number of aryl methyl sites for hydroxylation is 1. The van der Waals surface area contributed by atoms with Crippen LogP contribution in [0, 0.1) is 30.6 Å². The van der Waals surface area contributed by atoms with Crippen molar-refractivity contribution in [2.24, 2.45) is 23.7 Å². The van der Waals surface area contributed by atoms with Crippen LogP contribution in [0.25, 0.3) is 0 Å². The molecule has 9 nitrogen and oxygen atoms in total. The standard InChI is InChI=1S/C35H33N3O6/c1-19-9-11-21(12-10-19)36-38-32(41)27-18-25-23(14-15-24-29(25)33(42)37(2)31(24)40)30(26-17-22(44-3)13-16-28(26)39)35(27,34(38)43)20-7-5-4-6-8-20/h4-14,16-17,24-25,27,29-30,36,39H,15,18H2,1-3H3/t24-,25+,27-,29-,30+,35+/m0/s1. The van der Waals surface area contributed by atoms with Gasteiger partial charge in [0.25, 0.3) is 11.8 Å². The number of nitrogens with one attached hydrogen (secondary N) is 1. The molecule has 2 saturated heterocycles. The fourth-order valence-electron chi connectivity index (χ4n) is 8.14. The minimum Gasteiger partial charge on any atom is -0.508 e. The molecule has 3 aromatic rings. The van der Waals surface area contributed by atoms with Gasteiger partial charge in [-0.25, -0.2) is 0 Å². The third kappa shape index (κ3) is 3.77. The molecule has 0 spiro atoms. The number of methoxy groups -OCH3 is 1. The molecule has 0 aromatic heterocycles. The van der Waals surface area contributed by atoms with Gasteiger partial charge in [0.05, 0.1) is 36.0 Å². The number of allylic oxidation sites excluding steroid dienone is 2. The number of likely N-dealkylation sites (tertiary alicyclic amines) is 1. The fourth-order valence-corrected chi connectivity index (χ4v) is 8.14. The predicted molar refractivity (Wildman–Crippen MR) is 161 cm³/mol. The Bertz CT molecular complexity index is 1730. The lowest BCUT2D eigenvalue weighted by atomic mass is 9.49. The van der Waals surface area contributed by atoms with Crippen LogP contribution in [0.1, 0.15) is 35.4 Å². The van der Waals surface area contributed by atoms with Crippen molar-refractivity contribution in [3.05, 3.63) is 101 Å². The highest BCUT2D eigenvalue weighted by atomic mass is 16.5. The Morgan fingerprint density at radius 2 is 1.64 bits per heavy atom. The van der Waals surface area contributed by atoms with Gasteiger partial charge in [0.15, 0.2) is 0 Å². The number of phenolic OH excluding ortho intramolecular Hbond substituents is 1. The minimum absolute atomic E-state index is 0.0512. The maximum Gasteiger partial charge on any atom is 0.260 e. The number of aromatic hydroxyl groups is 1. The summed E-state index contributed by atoms with van der Waals surface area (Å²) in [4.78, 5) is 57.4. The molecular formula is C35H33N3O6. The molecule has 2 aliphatic carbocycles. The zero-order valence-electron chi connectivity index (χ0n) is 24.7. The largest absolute Gasteiger partial charge is 0.508 e. The molecule has 2 N–H and O–H groups in total. The Balaban J connectivity index is 1.48. The molecule has 2 heterocycles. The first-order valence-electron chi connectivity index (χ1n) is 14.8. The van der Waals surface area contributed by atoms with Crippen LogP contribution in [0.2, 0.25) is 0 Å². The van der Waals surface area contributed by atoms with E-state index >= 15 is 4.79 Å². The van der Waals surface area contributed by atoms with Crippen LogP contribution in [0.15, 0.2) is 84.4 Å². The number of imide groups is 2. The number of anilines is 1. The highest BCUT2D eigenvalue weighted by molar-refractivity contribution is 6.13. The average Bonchev–Trinajstić information content (AvgIpc) is 3.39. The van der Waals surface area contributed by atoms with E-state index in [1.54, 1.807) is 12.1 Å². The maximum atomic E-state index is 15.0. The molecule has 3 fully saturated rings. The van der Waals surface area contributed by atoms with Gasteiger partial charge >= 0.3 is 0 Å². The Morgan fingerprint density at radius 1 is 0.909 bits per heavy atom. The van der Waals surface area contributed by atoms with E-state index in [0.717, 1.165) is 16.1 Å². The average molecular weight is 592 g/mol. The topological polar surface area (TPSA) is 116 Å². The van der Waals surface area contributed by atoms with Crippen LogP contribution in [0.4, 0.5) is 5.69 Å². The van der Waals surface area contributed by atoms with Crippen LogP contribution < -0.4 is 10.2 Å². The van der Waals surface area contributed by atoms with Gasteiger partial charge in [-0.05, 0) is 61.6 Å². The lowest BCUT2D eigenvalue weighted by Crippen LogP contribution is -2.53. The number of hydrazine groups is 1. The van der Waals surface area contributed by atoms with Gasteiger partial charge < -0.3 is 9.84 Å². The quantitative estimate of drug-likeness (QED) is 0.335. The summed E-state index contributed by atoms with van der Waals surface area (Å²) in [6.45, 7) is 1.95. The Hall–Kier alpha value is -4.92. The fraction of sp³-hybridized carbons (Fsp3) is 0.314. The highest BCUT2D eigenvalue weighted by Gasteiger charge is 2.70. The van der Waals surface area contributed by atoms with Crippen molar-refractivity contribution in [2.75, 3.05) is 19.6 Å². The maximum absolute atomic E-state index is 15.0. The van der Waals surface area contributed by atoms with Gasteiger partial charge in [-0.2, -0.15) is 5.01 Å². The van der Waals surface area contributed by atoms with Crippen LogP contribution >= 0.6 is 0 Å². The van der Waals surface area contributed by atoms with Crippen molar-refractivity contribution in [3.63, 3.8) is 0 Å². The summed E-state index contributed by atoms with van der Waals surface area (Å²) in [7, 11) is 3.03. The summed E-state index contributed by atoms with van der Waals surface area (Å²) in [5, 5.41) is 12.5. The molecule has 0 unspecified atom stereocenters. The number of nitrogens with zero attached hydrogens (tertiary/aromatic N) is 2. The second-order valence-electron chi connectivity index (χ2n) is 12.3. The lowest BCUT2D eigenvalue weighted by molar-refractivity contribution is -0.140. The zero-order valence-corrected chi connectivity index (χ0v) is 24.7. The number of ether oxygens (including phenoxy) is 1. The number of hydrogen-bond acceptors (Lipinski definition) is 7. The van der Waals surface area contributed by atoms with Crippen LogP contribution in [0.5, 0.6) is 11.5 Å². The molecule has 0 bridgehead atoms. The van der Waals surface area contributed by atoms with Crippen molar-refractivity contribution in [1.29, 1.82) is 0 Å². The Labute approximate surface area is 255 Å². The number of fused-ring (bicyclic) bond motifs is 4. The van der Waals surface area contributed by atoms with E-state index in [0.29, 0.717) is 29.0 Å². The molecule has 7 rings (SSSR count). The number of hydrogen-bond donors (Lipinski definition) is 2. The van der Waals surface area contributed by atoms with E-state index in [2.05, 4.69) is 5.43 Å². The van der Waals surface area contributed by atoms with E-state index in [1.165, 1.54) is 25.1 Å². The molecule has 44 heavy (non-hydrogen) atoms. The van der Waals surface area contributed by atoms with E-state index in [-0.39, 0.29) is 24.0 Å². The summed E-state index contributed by atoms with van der Waals surface area (Å²) >= 11 is 0. The number of rotatable bonds is 5. The SMILES string of the molecule is COc1ccc(O)c([C@H]2C3=CC[C@@H]4C(=O)N(C)C(=O)[C@@H]4[C@@H]3C[C@H]3C(=O)N(Nc4ccc(C)cc4)C(=O)[C@@]23c2ccccc2)c1. The highest BCUT2D eigenvalue weighted by Crippen LogP contribution is 2.65. The Kier molecular flexibility index (Phi) is 6.39. The van der Waals surface area contributed by atoms with Crippen LogP contribution in [0.3, 0.4) is 0 Å². The van der Waals surface area contributed by atoms with Crippen molar-refractivity contribution in [2.45, 2.75) is 31.1 Å². The number of carbonyl (C=O) groups is 4. The van der Waals surface area contributed by atoms with Gasteiger partial charge in [0, 0.05) is 18.5 Å². The molecule has 2 aliphatic heterocycles. The van der Waals surface area contributed by atoms with Gasteiger partial charge in [0.1, 0.15) is 11.5 Å². The molecule has 4 aliphatic rings. The minimum atomic E-state index is -1.45. The monoisotopic (exact) mass is 591 g/mol. The zero-order chi connectivity index (χ0) is 30.9. The lowest BCUT2D eigenvalue weighted by Gasteiger charge is -2.50. The van der Waals surface area contributed by atoms with Gasteiger partial charge in [-0.3, -0.25) is 29.5 Å². The van der Waals surface area contributed by atoms with Crippen molar-refractivity contribution in [3.8, 4) is 11.5 Å². The first-order valence-corrected chi connectivity index (χ1v) is 14.8. The molecule has 224 valence electrons. The van der Waals surface area contributed by atoms with Gasteiger partial charge in [-0.15, -0.1) is 0 Å². The normalized spacial score (nSPS) is 29.2.